The second-order valence-electron chi connectivity index (χ2n) is 9.06. The van der Waals surface area contributed by atoms with E-state index < -0.39 is 11.6 Å². The molecule has 0 amide bonds. The Kier molecular flexibility index (Phi) is 5.73. The molecule has 0 aliphatic heterocycles. The van der Waals surface area contributed by atoms with Gasteiger partial charge in [-0.15, -0.1) is 0 Å². The summed E-state index contributed by atoms with van der Waals surface area (Å²) in [5, 5.41) is 1.84. The summed E-state index contributed by atoms with van der Waals surface area (Å²) < 4.78 is 12.8. The minimum absolute atomic E-state index is 0.0579. The molecule has 6 nitrogen and oxygen atoms in total. The Bertz CT molecular complexity index is 1670. The zero-order chi connectivity index (χ0) is 24.7. The van der Waals surface area contributed by atoms with Crippen LogP contribution in [0.25, 0.3) is 32.8 Å². The van der Waals surface area contributed by atoms with Gasteiger partial charge >= 0.3 is 11.6 Å². The molecule has 0 aliphatic rings. The van der Waals surface area contributed by atoms with Crippen molar-refractivity contribution >= 4 is 38.7 Å². The molecule has 6 heteroatoms. The Morgan fingerprint density at radius 3 is 2.17 bits per heavy atom. The summed E-state index contributed by atoms with van der Waals surface area (Å²) in [6.07, 6.45) is 0. The van der Waals surface area contributed by atoms with E-state index in [9.17, 15) is 14.4 Å². The van der Waals surface area contributed by atoms with Crippen LogP contribution in [0.15, 0.2) is 80.7 Å². The first-order valence-electron chi connectivity index (χ1n) is 11.6. The minimum atomic E-state index is -0.488. The molecule has 0 spiro atoms. The van der Waals surface area contributed by atoms with E-state index in [-0.39, 0.29) is 18.6 Å². The third-order valence-corrected chi connectivity index (χ3v) is 6.39. The van der Waals surface area contributed by atoms with Crippen molar-refractivity contribution in [3.63, 3.8) is 0 Å². The van der Waals surface area contributed by atoms with Crippen LogP contribution in [-0.2, 0) is 22.7 Å². The SMILES string of the molecule is Cc1cc2oc(=O)cc(COC(=O)Cn3c4ccccc4c(=O)c4ccccc43)c2cc1C(C)C. The number of ether oxygens (including phenoxy) is 1. The standard InChI is InChI=1S/C29H25NO5/c1-17(2)22-14-23-19(13-27(31)35-26(23)12-18(22)3)16-34-28(32)15-30-24-10-6-4-8-20(24)29(33)21-9-5-7-11-25(21)30/h4-14,17H,15-16H2,1-3H3. The second kappa shape index (κ2) is 8.87. The minimum Gasteiger partial charge on any atom is -0.459 e. The fourth-order valence-electron chi connectivity index (χ4n) is 4.71. The van der Waals surface area contributed by atoms with Gasteiger partial charge in [0.1, 0.15) is 18.7 Å². The lowest BCUT2D eigenvalue weighted by Gasteiger charge is -2.15. The van der Waals surface area contributed by atoms with Gasteiger partial charge in [-0.25, -0.2) is 4.79 Å². The highest BCUT2D eigenvalue weighted by molar-refractivity contribution is 5.94. The van der Waals surface area contributed by atoms with E-state index in [1.54, 1.807) is 28.8 Å². The van der Waals surface area contributed by atoms with Crippen molar-refractivity contribution in [2.24, 2.45) is 0 Å². The summed E-state index contributed by atoms with van der Waals surface area (Å²) in [7, 11) is 0. The number of esters is 1. The molecular formula is C29H25NO5. The van der Waals surface area contributed by atoms with Gasteiger partial charge in [-0.3, -0.25) is 9.59 Å². The molecule has 35 heavy (non-hydrogen) atoms. The van der Waals surface area contributed by atoms with Gasteiger partial charge in [0.25, 0.3) is 0 Å². The van der Waals surface area contributed by atoms with Crippen LogP contribution in [0.2, 0.25) is 0 Å². The molecule has 0 radical (unpaired) electrons. The van der Waals surface area contributed by atoms with E-state index in [2.05, 4.69) is 13.8 Å². The Morgan fingerprint density at radius 2 is 1.54 bits per heavy atom. The van der Waals surface area contributed by atoms with Crippen LogP contribution in [0, 0.1) is 6.92 Å². The first-order valence-corrected chi connectivity index (χ1v) is 11.6. The van der Waals surface area contributed by atoms with Crippen LogP contribution in [0.5, 0.6) is 0 Å². The topological polar surface area (TPSA) is 78.5 Å². The number of carbonyl (C=O) groups is 1. The summed E-state index contributed by atoms with van der Waals surface area (Å²) in [6.45, 7) is 6.06. The Balaban J connectivity index is 1.50. The first kappa shape index (κ1) is 22.6. The molecule has 176 valence electrons. The van der Waals surface area contributed by atoms with Gasteiger partial charge in [0.15, 0.2) is 5.43 Å². The van der Waals surface area contributed by atoms with Crippen molar-refractivity contribution < 1.29 is 13.9 Å². The van der Waals surface area contributed by atoms with E-state index in [0.29, 0.717) is 38.9 Å². The van der Waals surface area contributed by atoms with Crippen molar-refractivity contribution in [1.82, 2.24) is 4.57 Å². The Hall–Kier alpha value is -4.19. The van der Waals surface area contributed by atoms with Crippen molar-refractivity contribution in [1.29, 1.82) is 0 Å². The maximum atomic E-state index is 13.0. The summed E-state index contributed by atoms with van der Waals surface area (Å²) in [6, 6.07) is 19.7. The van der Waals surface area contributed by atoms with E-state index >= 15 is 0 Å². The third-order valence-electron chi connectivity index (χ3n) is 6.39. The summed E-state index contributed by atoms with van der Waals surface area (Å²) in [5.41, 5.74) is 4.03. The molecule has 2 aromatic heterocycles. The molecule has 3 aromatic carbocycles. The van der Waals surface area contributed by atoms with Crippen molar-refractivity contribution in [2.75, 3.05) is 0 Å². The Morgan fingerprint density at radius 1 is 0.914 bits per heavy atom. The number of benzene rings is 3. The Labute approximate surface area is 201 Å². The molecule has 0 aliphatic carbocycles. The number of hydrogen-bond acceptors (Lipinski definition) is 5. The average molecular weight is 468 g/mol. The monoisotopic (exact) mass is 467 g/mol. The number of hydrogen-bond donors (Lipinski definition) is 0. The lowest BCUT2D eigenvalue weighted by molar-refractivity contribution is -0.145. The molecule has 0 N–H and O–H groups in total. The molecule has 5 aromatic rings. The quantitative estimate of drug-likeness (QED) is 0.195. The zero-order valence-corrected chi connectivity index (χ0v) is 19.8. The molecular weight excluding hydrogens is 442 g/mol. The van der Waals surface area contributed by atoms with Crippen LogP contribution in [0.1, 0.15) is 36.5 Å². The second-order valence-corrected chi connectivity index (χ2v) is 9.06. The highest BCUT2D eigenvalue weighted by Gasteiger charge is 2.16. The predicted octanol–water partition coefficient (Wildman–Crippen LogP) is 5.44. The molecule has 2 heterocycles. The molecule has 0 bridgehead atoms. The number of para-hydroxylation sites is 2. The number of fused-ring (bicyclic) bond motifs is 3. The number of aromatic nitrogens is 1. The van der Waals surface area contributed by atoms with Gasteiger partial charge in [-0.05, 0) is 60.4 Å². The van der Waals surface area contributed by atoms with Gasteiger partial charge in [-0.2, -0.15) is 0 Å². The van der Waals surface area contributed by atoms with Gasteiger partial charge in [0.2, 0.25) is 0 Å². The van der Waals surface area contributed by atoms with Crippen molar-refractivity contribution in [2.45, 2.75) is 39.8 Å². The lowest BCUT2D eigenvalue weighted by atomic mass is 9.95. The molecule has 5 rings (SSSR count). The number of nitrogens with zero attached hydrogens (tertiary/aromatic N) is 1. The van der Waals surface area contributed by atoms with E-state index in [1.807, 2.05) is 43.3 Å². The van der Waals surface area contributed by atoms with E-state index in [4.69, 9.17) is 9.15 Å². The summed E-state index contributed by atoms with van der Waals surface area (Å²) in [5.74, 6) is -0.176. The van der Waals surface area contributed by atoms with Gasteiger partial charge in [0.05, 0.1) is 11.0 Å². The summed E-state index contributed by atoms with van der Waals surface area (Å²) >= 11 is 0. The maximum absolute atomic E-state index is 13.0. The fourth-order valence-corrected chi connectivity index (χ4v) is 4.71. The summed E-state index contributed by atoms with van der Waals surface area (Å²) in [4.78, 5) is 38.1. The van der Waals surface area contributed by atoms with Crippen LogP contribution in [0.4, 0.5) is 0 Å². The zero-order valence-electron chi connectivity index (χ0n) is 19.8. The number of rotatable bonds is 5. The predicted molar refractivity (Wildman–Crippen MR) is 137 cm³/mol. The van der Waals surface area contributed by atoms with E-state index in [0.717, 1.165) is 16.5 Å². The first-order chi connectivity index (χ1) is 16.8. The van der Waals surface area contributed by atoms with Crippen LogP contribution < -0.4 is 11.1 Å². The normalized spacial score (nSPS) is 11.5. The number of carbonyl (C=O) groups excluding carboxylic acids is 1. The highest BCUT2D eigenvalue weighted by Crippen LogP contribution is 2.27. The molecule has 0 saturated heterocycles. The number of aryl methyl sites for hydroxylation is 1. The van der Waals surface area contributed by atoms with Gasteiger partial charge in [0, 0.05) is 27.8 Å². The number of pyridine rings is 1. The van der Waals surface area contributed by atoms with Crippen LogP contribution in [-0.4, -0.2) is 10.5 Å². The van der Waals surface area contributed by atoms with E-state index in [1.165, 1.54) is 6.07 Å². The van der Waals surface area contributed by atoms with Gasteiger partial charge in [-0.1, -0.05) is 38.1 Å². The molecule has 0 fully saturated rings. The lowest BCUT2D eigenvalue weighted by Crippen LogP contribution is -2.18. The molecule has 0 atom stereocenters. The molecule has 0 unspecified atom stereocenters. The fraction of sp³-hybridized carbons (Fsp3) is 0.207. The van der Waals surface area contributed by atoms with Crippen LogP contribution in [0.3, 0.4) is 0 Å². The largest absolute Gasteiger partial charge is 0.459 e. The average Bonchev–Trinajstić information content (AvgIpc) is 2.84. The maximum Gasteiger partial charge on any atom is 0.336 e. The third kappa shape index (κ3) is 4.12. The van der Waals surface area contributed by atoms with Crippen LogP contribution >= 0.6 is 0 Å². The van der Waals surface area contributed by atoms with Crippen molar-refractivity contribution in [3.05, 3.63) is 104 Å². The van der Waals surface area contributed by atoms with Crippen molar-refractivity contribution in [3.8, 4) is 0 Å². The molecule has 0 saturated carbocycles. The smallest absolute Gasteiger partial charge is 0.336 e. The highest BCUT2D eigenvalue weighted by atomic mass is 16.5. The van der Waals surface area contributed by atoms with Gasteiger partial charge < -0.3 is 13.7 Å².